The lowest BCUT2D eigenvalue weighted by Crippen LogP contribution is -2.40. The molecule has 0 bridgehead atoms. The SMILES string of the molecule is CC1CCCC(C)N(C(=O)c2n[nH]c3c2CCC3)C1. The second kappa shape index (κ2) is 4.99. The molecular formula is C15H23N3O. The zero-order valence-electron chi connectivity index (χ0n) is 11.9. The number of hydrogen-bond donors (Lipinski definition) is 1. The van der Waals surface area contributed by atoms with Crippen LogP contribution in [0.5, 0.6) is 0 Å². The molecular weight excluding hydrogens is 238 g/mol. The van der Waals surface area contributed by atoms with E-state index in [0.717, 1.165) is 32.2 Å². The number of carbonyl (C=O) groups is 1. The number of H-pyrrole nitrogens is 1. The normalized spacial score (nSPS) is 27.2. The highest BCUT2D eigenvalue weighted by Gasteiger charge is 2.30. The van der Waals surface area contributed by atoms with Gasteiger partial charge < -0.3 is 4.90 Å². The monoisotopic (exact) mass is 261 g/mol. The van der Waals surface area contributed by atoms with Gasteiger partial charge in [-0.05, 0) is 44.9 Å². The van der Waals surface area contributed by atoms with Gasteiger partial charge in [-0.25, -0.2) is 0 Å². The predicted octanol–water partition coefficient (Wildman–Crippen LogP) is 2.55. The minimum atomic E-state index is 0.139. The molecule has 4 nitrogen and oxygen atoms in total. The molecule has 4 heteroatoms. The van der Waals surface area contributed by atoms with Gasteiger partial charge in [0.1, 0.15) is 0 Å². The van der Waals surface area contributed by atoms with Crippen LogP contribution in [0.25, 0.3) is 0 Å². The summed E-state index contributed by atoms with van der Waals surface area (Å²) >= 11 is 0. The van der Waals surface area contributed by atoms with Crippen molar-refractivity contribution in [2.75, 3.05) is 6.54 Å². The minimum absolute atomic E-state index is 0.139. The van der Waals surface area contributed by atoms with Crippen molar-refractivity contribution in [1.82, 2.24) is 15.1 Å². The standard InChI is InChI=1S/C15H23N3O/c1-10-5-3-6-11(2)18(9-10)15(19)14-12-7-4-8-13(12)16-17-14/h10-11H,3-9H2,1-2H3,(H,16,17). The highest BCUT2D eigenvalue weighted by Crippen LogP contribution is 2.27. The molecule has 0 aromatic carbocycles. The molecule has 1 aromatic rings. The minimum Gasteiger partial charge on any atom is -0.334 e. The number of nitrogens with one attached hydrogen (secondary N) is 1. The molecule has 2 aliphatic rings. The van der Waals surface area contributed by atoms with E-state index in [0.29, 0.717) is 17.7 Å². The van der Waals surface area contributed by atoms with E-state index in [1.165, 1.54) is 24.1 Å². The molecule has 1 amide bonds. The van der Waals surface area contributed by atoms with Gasteiger partial charge in [0.15, 0.2) is 5.69 Å². The van der Waals surface area contributed by atoms with E-state index in [2.05, 4.69) is 24.0 Å². The van der Waals surface area contributed by atoms with Crippen LogP contribution < -0.4 is 0 Å². The van der Waals surface area contributed by atoms with Gasteiger partial charge in [-0.2, -0.15) is 5.10 Å². The topological polar surface area (TPSA) is 49.0 Å². The van der Waals surface area contributed by atoms with E-state index in [1.807, 2.05) is 4.90 Å². The number of fused-ring (bicyclic) bond motifs is 1. The number of nitrogens with zero attached hydrogens (tertiary/aromatic N) is 2. The Morgan fingerprint density at radius 2 is 2.11 bits per heavy atom. The number of hydrogen-bond acceptors (Lipinski definition) is 2. The summed E-state index contributed by atoms with van der Waals surface area (Å²) in [6.45, 7) is 5.29. The second-order valence-corrected chi connectivity index (χ2v) is 6.23. The third-order valence-electron chi connectivity index (χ3n) is 4.63. The van der Waals surface area contributed by atoms with Crippen LogP contribution >= 0.6 is 0 Å². The molecule has 1 N–H and O–H groups in total. The van der Waals surface area contributed by atoms with E-state index in [-0.39, 0.29) is 5.91 Å². The number of aryl methyl sites for hydroxylation is 1. The van der Waals surface area contributed by atoms with Crippen LogP contribution in [-0.4, -0.2) is 33.6 Å². The highest BCUT2D eigenvalue weighted by atomic mass is 16.2. The maximum Gasteiger partial charge on any atom is 0.274 e. The van der Waals surface area contributed by atoms with Crippen molar-refractivity contribution in [3.63, 3.8) is 0 Å². The van der Waals surface area contributed by atoms with Crippen molar-refractivity contribution < 1.29 is 4.79 Å². The zero-order valence-corrected chi connectivity index (χ0v) is 11.9. The quantitative estimate of drug-likeness (QED) is 0.844. The predicted molar refractivity (Wildman–Crippen MR) is 74.1 cm³/mol. The molecule has 1 aliphatic carbocycles. The van der Waals surface area contributed by atoms with Crippen molar-refractivity contribution in [3.05, 3.63) is 17.0 Å². The number of aromatic amines is 1. The van der Waals surface area contributed by atoms with Crippen molar-refractivity contribution >= 4 is 5.91 Å². The molecule has 2 unspecified atom stereocenters. The van der Waals surface area contributed by atoms with Crippen molar-refractivity contribution in [1.29, 1.82) is 0 Å². The molecule has 0 saturated carbocycles. The summed E-state index contributed by atoms with van der Waals surface area (Å²) in [5.74, 6) is 0.738. The smallest absolute Gasteiger partial charge is 0.274 e. The van der Waals surface area contributed by atoms with Crippen molar-refractivity contribution in [2.45, 2.75) is 58.4 Å². The Kier molecular flexibility index (Phi) is 3.33. The Balaban J connectivity index is 1.85. The summed E-state index contributed by atoms with van der Waals surface area (Å²) in [7, 11) is 0. The van der Waals surface area contributed by atoms with E-state index in [4.69, 9.17) is 0 Å². The Morgan fingerprint density at radius 1 is 1.26 bits per heavy atom. The maximum absolute atomic E-state index is 12.8. The van der Waals surface area contributed by atoms with Gasteiger partial charge in [0.2, 0.25) is 0 Å². The molecule has 1 saturated heterocycles. The molecule has 2 atom stereocenters. The Morgan fingerprint density at radius 3 is 2.95 bits per heavy atom. The van der Waals surface area contributed by atoms with Gasteiger partial charge in [-0.1, -0.05) is 13.3 Å². The van der Waals surface area contributed by atoms with Crippen LogP contribution in [0.15, 0.2) is 0 Å². The molecule has 1 aromatic heterocycles. The zero-order chi connectivity index (χ0) is 13.4. The first-order valence-corrected chi connectivity index (χ1v) is 7.54. The fraction of sp³-hybridized carbons (Fsp3) is 0.733. The van der Waals surface area contributed by atoms with Crippen LogP contribution in [0.4, 0.5) is 0 Å². The lowest BCUT2D eigenvalue weighted by molar-refractivity contribution is 0.0670. The van der Waals surface area contributed by atoms with Gasteiger partial charge in [-0.3, -0.25) is 9.89 Å². The van der Waals surface area contributed by atoms with Crippen LogP contribution in [0.3, 0.4) is 0 Å². The van der Waals surface area contributed by atoms with Crippen molar-refractivity contribution in [3.8, 4) is 0 Å². The van der Waals surface area contributed by atoms with Gasteiger partial charge in [0.25, 0.3) is 5.91 Å². The molecule has 1 aliphatic heterocycles. The van der Waals surface area contributed by atoms with Gasteiger partial charge in [0, 0.05) is 23.8 Å². The second-order valence-electron chi connectivity index (χ2n) is 6.23. The highest BCUT2D eigenvalue weighted by molar-refractivity contribution is 5.94. The first-order valence-electron chi connectivity index (χ1n) is 7.54. The summed E-state index contributed by atoms with van der Waals surface area (Å²) in [6, 6.07) is 0.339. The van der Waals surface area contributed by atoms with Gasteiger partial charge in [-0.15, -0.1) is 0 Å². The lowest BCUT2D eigenvalue weighted by atomic mass is 10.1. The molecule has 3 rings (SSSR count). The molecule has 0 radical (unpaired) electrons. The van der Waals surface area contributed by atoms with Crippen LogP contribution in [0, 0.1) is 5.92 Å². The third kappa shape index (κ3) is 2.28. The first-order chi connectivity index (χ1) is 9.16. The van der Waals surface area contributed by atoms with Crippen LogP contribution in [0.2, 0.25) is 0 Å². The average Bonchev–Trinajstić information content (AvgIpc) is 2.93. The van der Waals surface area contributed by atoms with E-state index in [1.54, 1.807) is 0 Å². The van der Waals surface area contributed by atoms with Gasteiger partial charge in [0.05, 0.1) is 0 Å². The number of aromatic nitrogens is 2. The van der Waals surface area contributed by atoms with E-state index in [9.17, 15) is 4.79 Å². The summed E-state index contributed by atoms with van der Waals surface area (Å²) in [6.07, 6.45) is 6.77. The average molecular weight is 261 g/mol. The summed E-state index contributed by atoms with van der Waals surface area (Å²) in [5, 5.41) is 7.34. The fourth-order valence-electron chi connectivity index (χ4n) is 3.44. The molecule has 2 heterocycles. The van der Waals surface area contributed by atoms with Crippen LogP contribution in [0.1, 0.15) is 61.3 Å². The molecule has 104 valence electrons. The molecule has 0 spiro atoms. The van der Waals surface area contributed by atoms with Crippen LogP contribution in [-0.2, 0) is 12.8 Å². The first kappa shape index (κ1) is 12.7. The van der Waals surface area contributed by atoms with Gasteiger partial charge >= 0.3 is 0 Å². The summed E-state index contributed by atoms with van der Waals surface area (Å²) in [4.78, 5) is 14.8. The number of rotatable bonds is 1. The van der Waals surface area contributed by atoms with E-state index >= 15 is 0 Å². The van der Waals surface area contributed by atoms with E-state index < -0.39 is 0 Å². The molecule has 19 heavy (non-hydrogen) atoms. The fourth-order valence-corrected chi connectivity index (χ4v) is 3.44. The Labute approximate surface area is 114 Å². The summed E-state index contributed by atoms with van der Waals surface area (Å²) < 4.78 is 0. The lowest BCUT2D eigenvalue weighted by Gasteiger charge is -2.28. The molecule has 1 fully saturated rings. The summed E-state index contributed by atoms with van der Waals surface area (Å²) in [5.41, 5.74) is 3.04. The largest absolute Gasteiger partial charge is 0.334 e. The van der Waals surface area contributed by atoms with Crippen molar-refractivity contribution in [2.24, 2.45) is 5.92 Å². The third-order valence-corrected chi connectivity index (χ3v) is 4.63. The number of carbonyl (C=O) groups excluding carboxylic acids is 1. The maximum atomic E-state index is 12.8. The number of amides is 1. The Hall–Kier alpha value is -1.32. The number of likely N-dealkylation sites (tertiary alicyclic amines) is 1. The Bertz CT molecular complexity index is 480.